The van der Waals surface area contributed by atoms with Gasteiger partial charge in [-0.05, 0) is 19.1 Å². The largest absolute Gasteiger partial charge is 0.465 e. The van der Waals surface area contributed by atoms with E-state index in [2.05, 4.69) is 0 Å². The van der Waals surface area contributed by atoms with Crippen LogP contribution in [0.4, 0.5) is 0 Å². The molecule has 2 aromatic rings. The Balaban J connectivity index is 1.90. The predicted molar refractivity (Wildman–Crippen MR) is 92.2 cm³/mol. The number of benzene rings is 1. The molecule has 2 heterocycles. The van der Waals surface area contributed by atoms with Crippen molar-refractivity contribution in [2.75, 3.05) is 33.4 Å². The number of nitrogens with zero attached hydrogens (tertiary/aromatic N) is 3. The van der Waals surface area contributed by atoms with Gasteiger partial charge in [0.05, 0.1) is 24.2 Å². The van der Waals surface area contributed by atoms with Crippen molar-refractivity contribution in [3.63, 3.8) is 0 Å². The molecule has 1 amide bonds. The molecule has 1 saturated heterocycles. The Morgan fingerprint density at radius 2 is 2.16 bits per heavy atom. The minimum Gasteiger partial charge on any atom is -0.465 e. The van der Waals surface area contributed by atoms with Crippen molar-refractivity contribution in [3.05, 3.63) is 30.1 Å². The van der Waals surface area contributed by atoms with Crippen LogP contribution >= 0.6 is 0 Å². The smallest absolute Gasteiger partial charge is 0.326 e. The summed E-state index contributed by atoms with van der Waals surface area (Å²) in [4.78, 5) is 30.8. The zero-order chi connectivity index (χ0) is 17.8. The van der Waals surface area contributed by atoms with Crippen molar-refractivity contribution in [2.24, 2.45) is 0 Å². The van der Waals surface area contributed by atoms with Crippen LogP contribution in [0, 0.1) is 0 Å². The second-order valence-corrected chi connectivity index (χ2v) is 6.08. The molecular weight excluding hydrogens is 322 g/mol. The first-order valence-corrected chi connectivity index (χ1v) is 8.51. The molecule has 1 unspecified atom stereocenters. The zero-order valence-electron chi connectivity index (χ0n) is 14.6. The number of ether oxygens (including phenoxy) is 2. The topological polar surface area (TPSA) is 73.7 Å². The van der Waals surface area contributed by atoms with E-state index in [1.807, 2.05) is 28.8 Å². The molecule has 0 radical (unpaired) electrons. The van der Waals surface area contributed by atoms with E-state index in [0.717, 1.165) is 16.9 Å². The summed E-state index contributed by atoms with van der Waals surface area (Å²) in [5.41, 5.74) is 1.71. The highest BCUT2D eigenvalue weighted by molar-refractivity contribution is 5.82. The third-order valence-electron chi connectivity index (χ3n) is 4.42. The number of hydrogen-bond acceptors (Lipinski definition) is 5. The van der Waals surface area contributed by atoms with E-state index in [1.165, 1.54) is 0 Å². The molecule has 7 heteroatoms. The van der Waals surface area contributed by atoms with Gasteiger partial charge in [-0.2, -0.15) is 0 Å². The third kappa shape index (κ3) is 3.66. The summed E-state index contributed by atoms with van der Waals surface area (Å²) in [6, 6.07) is 7.68. The van der Waals surface area contributed by atoms with Crippen molar-refractivity contribution in [1.29, 1.82) is 0 Å². The van der Waals surface area contributed by atoms with Crippen molar-refractivity contribution < 1.29 is 19.1 Å². The number of hydrogen-bond donors (Lipinski definition) is 0. The van der Waals surface area contributed by atoms with Crippen LogP contribution in [0.1, 0.15) is 25.1 Å². The highest BCUT2D eigenvalue weighted by atomic mass is 16.5. The summed E-state index contributed by atoms with van der Waals surface area (Å²) in [6.45, 7) is 3.91. The average molecular weight is 345 g/mol. The number of likely N-dealkylation sites (tertiary alicyclic amines) is 1. The van der Waals surface area contributed by atoms with Crippen LogP contribution < -0.4 is 0 Å². The van der Waals surface area contributed by atoms with Crippen molar-refractivity contribution in [1.82, 2.24) is 14.5 Å². The van der Waals surface area contributed by atoms with Crippen molar-refractivity contribution >= 4 is 22.9 Å². The second kappa shape index (κ2) is 7.65. The standard InChI is InChI=1S/C18H23N3O4/c1-3-25-17(23)12-21-15-7-5-4-6-14(15)19-18(21)13-10-16(22)20(11-13)8-9-24-2/h4-7,13H,3,8-12H2,1-2H3. The molecule has 3 rings (SSSR count). The molecule has 0 spiro atoms. The minimum atomic E-state index is -0.299. The Morgan fingerprint density at radius 1 is 1.36 bits per heavy atom. The first-order valence-electron chi connectivity index (χ1n) is 8.51. The second-order valence-electron chi connectivity index (χ2n) is 6.08. The van der Waals surface area contributed by atoms with E-state index in [-0.39, 0.29) is 24.3 Å². The molecule has 0 N–H and O–H groups in total. The van der Waals surface area contributed by atoms with Crippen LogP contribution in [-0.4, -0.2) is 59.7 Å². The number of amides is 1. The van der Waals surface area contributed by atoms with Crippen LogP contribution in [0.3, 0.4) is 0 Å². The number of imidazole rings is 1. The van der Waals surface area contributed by atoms with Crippen molar-refractivity contribution in [2.45, 2.75) is 25.8 Å². The highest BCUT2D eigenvalue weighted by Gasteiger charge is 2.34. The van der Waals surface area contributed by atoms with Gasteiger partial charge in [0.1, 0.15) is 12.4 Å². The maximum Gasteiger partial charge on any atom is 0.326 e. The molecular formula is C18H23N3O4. The van der Waals surface area contributed by atoms with Crippen LogP contribution in [0.25, 0.3) is 11.0 Å². The van der Waals surface area contributed by atoms with Gasteiger partial charge in [-0.1, -0.05) is 12.1 Å². The van der Waals surface area contributed by atoms with Gasteiger partial charge in [-0.3, -0.25) is 9.59 Å². The number of rotatable bonds is 7. The molecule has 1 fully saturated rings. The van der Waals surface area contributed by atoms with E-state index in [9.17, 15) is 9.59 Å². The Morgan fingerprint density at radius 3 is 2.92 bits per heavy atom. The van der Waals surface area contributed by atoms with Crippen LogP contribution in [-0.2, 0) is 25.6 Å². The van der Waals surface area contributed by atoms with Crippen LogP contribution in [0.2, 0.25) is 0 Å². The fourth-order valence-corrected chi connectivity index (χ4v) is 3.27. The number of carbonyl (C=O) groups excluding carboxylic acids is 2. The monoisotopic (exact) mass is 345 g/mol. The van der Waals surface area contributed by atoms with Crippen LogP contribution in [0.15, 0.2) is 24.3 Å². The summed E-state index contributed by atoms with van der Waals surface area (Å²) < 4.78 is 12.0. The molecule has 134 valence electrons. The minimum absolute atomic E-state index is 0.0359. The molecule has 1 aliphatic heterocycles. The molecule has 0 aliphatic carbocycles. The SMILES string of the molecule is CCOC(=O)Cn1c(C2CC(=O)N(CCOC)C2)nc2ccccc21. The Hall–Kier alpha value is -2.41. The summed E-state index contributed by atoms with van der Waals surface area (Å²) in [5.74, 6) is 0.526. The van der Waals surface area contributed by atoms with Gasteiger partial charge in [0.15, 0.2) is 0 Å². The summed E-state index contributed by atoms with van der Waals surface area (Å²) in [6.07, 6.45) is 0.399. The van der Waals surface area contributed by atoms with Crippen molar-refractivity contribution in [3.8, 4) is 0 Å². The fraction of sp³-hybridized carbons (Fsp3) is 0.500. The van der Waals surface area contributed by atoms with Gasteiger partial charge in [-0.15, -0.1) is 0 Å². The van der Waals surface area contributed by atoms with Gasteiger partial charge in [0.2, 0.25) is 5.91 Å². The molecule has 25 heavy (non-hydrogen) atoms. The number of fused-ring (bicyclic) bond motifs is 1. The molecule has 0 saturated carbocycles. The lowest BCUT2D eigenvalue weighted by Gasteiger charge is -2.16. The first kappa shape index (κ1) is 17.4. The number of carbonyl (C=O) groups is 2. The Kier molecular flexibility index (Phi) is 5.33. The molecule has 0 bridgehead atoms. The van der Waals surface area contributed by atoms with E-state index >= 15 is 0 Å². The predicted octanol–water partition coefficient (Wildman–Crippen LogP) is 1.56. The number of methoxy groups -OCH3 is 1. The quantitative estimate of drug-likeness (QED) is 0.712. The summed E-state index contributed by atoms with van der Waals surface area (Å²) >= 11 is 0. The maximum atomic E-state index is 12.3. The fourth-order valence-electron chi connectivity index (χ4n) is 3.27. The summed E-state index contributed by atoms with van der Waals surface area (Å²) in [7, 11) is 1.62. The normalized spacial score (nSPS) is 17.4. The number of aromatic nitrogens is 2. The van der Waals surface area contributed by atoms with Gasteiger partial charge in [-0.25, -0.2) is 4.98 Å². The highest BCUT2D eigenvalue weighted by Crippen LogP contribution is 2.30. The molecule has 1 aromatic carbocycles. The van der Waals surface area contributed by atoms with Gasteiger partial charge < -0.3 is 18.9 Å². The maximum absolute atomic E-state index is 12.3. The van der Waals surface area contributed by atoms with E-state index in [1.54, 1.807) is 18.9 Å². The number of para-hydroxylation sites is 2. The lowest BCUT2D eigenvalue weighted by molar-refractivity contribution is -0.143. The molecule has 7 nitrogen and oxygen atoms in total. The molecule has 1 atom stereocenters. The third-order valence-corrected chi connectivity index (χ3v) is 4.42. The van der Waals surface area contributed by atoms with E-state index in [0.29, 0.717) is 32.7 Å². The molecule has 1 aromatic heterocycles. The lowest BCUT2D eigenvalue weighted by atomic mass is 10.1. The molecule has 1 aliphatic rings. The first-order chi connectivity index (χ1) is 12.1. The van der Waals surface area contributed by atoms with Gasteiger partial charge in [0, 0.05) is 32.5 Å². The Labute approximate surface area is 146 Å². The van der Waals surface area contributed by atoms with Gasteiger partial charge >= 0.3 is 5.97 Å². The van der Waals surface area contributed by atoms with E-state index < -0.39 is 0 Å². The van der Waals surface area contributed by atoms with Crippen LogP contribution in [0.5, 0.6) is 0 Å². The Bertz CT molecular complexity index is 771. The summed E-state index contributed by atoms with van der Waals surface area (Å²) in [5, 5.41) is 0. The number of esters is 1. The van der Waals surface area contributed by atoms with E-state index in [4.69, 9.17) is 14.5 Å². The van der Waals surface area contributed by atoms with Gasteiger partial charge in [0.25, 0.3) is 0 Å². The zero-order valence-corrected chi connectivity index (χ0v) is 14.6. The lowest BCUT2D eigenvalue weighted by Crippen LogP contribution is -2.28. The average Bonchev–Trinajstić information content (AvgIpc) is 3.14.